The number of hydrogen-bond donors (Lipinski definition) is 2. The van der Waals surface area contributed by atoms with E-state index in [4.69, 9.17) is 10.8 Å². The van der Waals surface area contributed by atoms with E-state index in [1.54, 1.807) is 23.1 Å². The molecule has 11 heavy (non-hydrogen) atoms. The van der Waals surface area contributed by atoms with Crippen LogP contribution in [-0.4, -0.2) is 23.5 Å². The van der Waals surface area contributed by atoms with Gasteiger partial charge in [0.1, 0.15) is 0 Å². The van der Waals surface area contributed by atoms with E-state index in [0.29, 0.717) is 0 Å². The van der Waals surface area contributed by atoms with Crippen LogP contribution in [0.15, 0.2) is 21.7 Å². The van der Waals surface area contributed by atoms with Gasteiger partial charge in [0.25, 0.3) is 0 Å². The fraction of sp³-hybridized carbons (Fsp3) is 0.429. The van der Waals surface area contributed by atoms with Gasteiger partial charge >= 0.3 is 0 Å². The molecule has 1 unspecified atom stereocenters. The van der Waals surface area contributed by atoms with Gasteiger partial charge in [0.2, 0.25) is 0 Å². The topological polar surface area (TPSA) is 46.2 Å². The van der Waals surface area contributed by atoms with Crippen LogP contribution in [0.1, 0.15) is 0 Å². The molecule has 0 aromatic carbocycles. The molecular weight excluding hydrogens is 178 g/mol. The summed E-state index contributed by atoms with van der Waals surface area (Å²) in [5.41, 5.74) is 5.52. The molecule has 1 aromatic heterocycles. The smallest absolute Gasteiger partial charge is 0.0599 e. The van der Waals surface area contributed by atoms with Gasteiger partial charge in [0, 0.05) is 11.8 Å². The Morgan fingerprint density at radius 3 is 3.09 bits per heavy atom. The molecule has 0 amide bonds. The Balaban J connectivity index is 2.23. The second-order valence-corrected chi connectivity index (χ2v) is 4.45. The lowest BCUT2D eigenvalue weighted by Crippen LogP contribution is -2.26. The first-order valence-corrected chi connectivity index (χ1v) is 5.22. The monoisotopic (exact) mass is 189 g/mol. The van der Waals surface area contributed by atoms with Crippen LogP contribution < -0.4 is 5.73 Å². The molecule has 0 saturated carbocycles. The molecule has 4 heteroatoms. The number of hydrogen-bond acceptors (Lipinski definition) is 4. The van der Waals surface area contributed by atoms with Gasteiger partial charge < -0.3 is 10.8 Å². The number of aliphatic hydroxyl groups is 1. The van der Waals surface area contributed by atoms with Crippen LogP contribution in [-0.2, 0) is 0 Å². The molecule has 1 rings (SSSR count). The maximum absolute atomic E-state index is 8.63. The zero-order valence-corrected chi connectivity index (χ0v) is 7.70. The molecule has 0 radical (unpaired) electrons. The van der Waals surface area contributed by atoms with E-state index < -0.39 is 0 Å². The van der Waals surface area contributed by atoms with Crippen LogP contribution in [0.3, 0.4) is 0 Å². The number of rotatable bonds is 4. The normalized spacial score (nSPS) is 13.3. The highest BCUT2D eigenvalue weighted by atomic mass is 32.2. The van der Waals surface area contributed by atoms with Crippen molar-refractivity contribution in [3.05, 3.63) is 17.5 Å². The third kappa shape index (κ3) is 3.25. The Labute approximate surface area is 74.4 Å². The van der Waals surface area contributed by atoms with E-state index in [1.165, 1.54) is 4.21 Å². The van der Waals surface area contributed by atoms with Crippen LogP contribution in [0.5, 0.6) is 0 Å². The van der Waals surface area contributed by atoms with Crippen LogP contribution >= 0.6 is 23.1 Å². The Kier molecular flexibility index (Phi) is 3.93. The molecule has 0 aliphatic carbocycles. The first-order chi connectivity index (χ1) is 5.33. The van der Waals surface area contributed by atoms with Crippen molar-refractivity contribution in [1.82, 2.24) is 0 Å². The van der Waals surface area contributed by atoms with Crippen LogP contribution in [0.4, 0.5) is 0 Å². The first kappa shape index (κ1) is 9.06. The summed E-state index contributed by atoms with van der Waals surface area (Å²) in [5.74, 6) is 0.789. The molecule has 1 aromatic rings. The average Bonchev–Trinajstić information content (AvgIpc) is 2.52. The van der Waals surface area contributed by atoms with E-state index in [-0.39, 0.29) is 12.6 Å². The molecule has 0 aliphatic heterocycles. The van der Waals surface area contributed by atoms with Crippen LogP contribution in [0.25, 0.3) is 0 Å². The predicted molar refractivity (Wildman–Crippen MR) is 50.1 cm³/mol. The Hall–Kier alpha value is -0.0300. The summed E-state index contributed by atoms with van der Waals surface area (Å²) in [5, 5.41) is 10.7. The number of thioether (sulfide) groups is 1. The summed E-state index contributed by atoms with van der Waals surface area (Å²) < 4.78 is 1.26. The molecule has 0 saturated heterocycles. The second kappa shape index (κ2) is 4.77. The van der Waals surface area contributed by atoms with Gasteiger partial charge in [-0.25, -0.2) is 0 Å². The van der Waals surface area contributed by atoms with E-state index >= 15 is 0 Å². The molecule has 0 spiro atoms. The fourth-order valence-electron chi connectivity index (χ4n) is 0.587. The third-order valence-corrected chi connectivity index (χ3v) is 3.49. The molecule has 0 aliphatic rings. The molecular formula is C7H11NOS2. The second-order valence-electron chi connectivity index (χ2n) is 2.19. The zero-order valence-electron chi connectivity index (χ0n) is 6.06. The molecule has 0 bridgehead atoms. The lowest BCUT2D eigenvalue weighted by atomic mass is 10.4. The molecule has 62 valence electrons. The van der Waals surface area contributed by atoms with Crippen molar-refractivity contribution in [1.29, 1.82) is 0 Å². The van der Waals surface area contributed by atoms with E-state index in [0.717, 1.165) is 5.75 Å². The van der Waals surface area contributed by atoms with Crippen LogP contribution in [0, 0.1) is 0 Å². The van der Waals surface area contributed by atoms with Crippen molar-refractivity contribution in [2.75, 3.05) is 12.4 Å². The number of aliphatic hydroxyl groups excluding tert-OH is 1. The molecule has 1 atom stereocenters. The highest BCUT2D eigenvalue weighted by Crippen LogP contribution is 2.23. The minimum Gasteiger partial charge on any atom is -0.395 e. The van der Waals surface area contributed by atoms with Gasteiger partial charge in [-0.05, 0) is 11.4 Å². The van der Waals surface area contributed by atoms with Gasteiger partial charge in [-0.15, -0.1) is 23.1 Å². The van der Waals surface area contributed by atoms with Crippen molar-refractivity contribution in [3.8, 4) is 0 Å². The molecule has 0 fully saturated rings. The number of thiophene rings is 1. The Morgan fingerprint density at radius 2 is 2.55 bits per heavy atom. The van der Waals surface area contributed by atoms with E-state index in [1.807, 2.05) is 11.4 Å². The summed E-state index contributed by atoms with van der Waals surface area (Å²) in [7, 11) is 0. The minimum absolute atomic E-state index is 0.0678. The lowest BCUT2D eigenvalue weighted by Gasteiger charge is -2.04. The van der Waals surface area contributed by atoms with E-state index in [2.05, 4.69) is 6.07 Å². The maximum atomic E-state index is 8.63. The summed E-state index contributed by atoms with van der Waals surface area (Å²) >= 11 is 3.39. The zero-order chi connectivity index (χ0) is 8.10. The summed E-state index contributed by atoms with van der Waals surface area (Å²) in [6.07, 6.45) is 0. The Morgan fingerprint density at radius 1 is 1.73 bits per heavy atom. The van der Waals surface area contributed by atoms with E-state index in [9.17, 15) is 0 Å². The first-order valence-electron chi connectivity index (χ1n) is 3.35. The number of nitrogens with two attached hydrogens (primary N) is 1. The van der Waals surface area contributed by atoms with Gasteiger partial charge in [0.15, 0.2) is 0 Å². The third-order valence-electron chi connectivity index (χ3n) is 1.17. The van der Waals surface area contributed by atoms with Crippen LogP contribution in [0.2, 0.25) is 0 Å². The minimum atomic E-state index is -0.0953. The van der Waals surface area contributed by atoms with Crippen molar-refractivity contribution >= 4 is 23.1 Å². The fourth-order valence-corrected chi connectivity index (χ4v) is 2.34. The standard InChI is InChI=1S/C7H11NOS2/c8-6(4-9)5-11-7-2-1-3-10-7/h1-3,6,9H,4-5,8H2. The van der Waals surface area contributed by atoms with Crippen molar-refractivity contribution in [2.24, 2.45) is 5.73 Å². The quantitative estimate of drug-likeness (QED) is 0.699. The molecule has 3 N–H and O–H groups in total. The van der Waals surface area contributed by atoms with Gasteiger partial charge in [-0.3, -0.25) is 0 Å². The maximum Gasteiger partial charge on any atom is 0.0599 e. The summed E-state index contributed by atoms with van der Waals surface area (Å²) in [6.45, 7) is 0.0678. The van der Waals surface area contributed by atoms with Crippen molar-refractivity contribution in [3.63, 3.8) is 0 Å². The van der Waals surface area contributed by atoms with Crippen molar-refractivity contribution < 1.29 is 5.11 Å². The van der Waals surface area contributed by atoms with Gasteiger partial charge in [-0.2, -0.15) is 0 Å². The SMILES string of the molecule is NC(CO)CSc1cccs1. The lowest BCUT2D eigenvalue weighted by molar-refractivity contribution is 0.275. The summed E-state index contributed by atoms with van der Waals surface area (Å²) in [4.78, 5) is 0. The highest BCUT2D eigenvalue weighted by molar-refractivity contribution is 8.01. The predicted octanol–water partition coefficient (Wildman–Crippen LogP) is 1.16. The Bertz CT molecular complexity index is 188. The van der Waals surface area contributed by atoms with Crippen molar-refractivity contribution in [2.45, 2.75) is 10.3 Å². The summed E-state index contributed by atoms with van der Waals surface area (Å²) in [6, 6.07) is 3.97. The average molecular weight is 189 g/mol. The van der Waals surface area contributed by atoms with Gasteiger partial charge in [-0.1, -0.05) is 6.07 Å². The molecule has 1 heterocycles. The van der Waals surface area contributed by atoms with Gasteiger partial charge in [0.05, 0.1) is 10.8 Å². The highest BCUT2D eigenvalue weighted by Gasteiger charge is 2.01. The largest absolute Gasteiger partial charge is 0.395 e. The molecule has 2 nitrogen and oxygen atoms in total.